The molecule has 0 spiro atoms. The molecule has 132 valence electrons. The van der Waals surface area contributed by atoms with Gasteiger partial charge < -0.3 is 14.7 Å². The predicted molar refractivity (Wildman–Crippen MR) is 96.5 cm³/mol. The lowest BCUT2D eigenvalue weighted by molar-refractivity contribution is -0.131. The fourth-order valence-electron chi connectivity index (χ4n) is 3.49. The van der Waals surface area contributed by atoms with E-state index in [4.69, 9.17) is 4.98 Å². The Hall–Kier alpha value is -1.85. The molecule has 2 fully saturated rings. The Balaban J connectivity index is 1.67. The molecule has 0 bridgehead atoms. The van der Waals surface area contributed by atoms with E-state index in [9.17, 15) is 4.79 Å². The van der Waals surface area contributed by atoms with Crippen LogP contribution in [0.2, 0.25) is 0 Å². The molecule has 3 heterocycles. The van der Waals surface area contributed by atoms with Gasteiger partial charge in [0.25, 0.3) is 0 Å². The van der Waals surface area contributed by atoms with Gasteiger partial charge in [-0.05, 0) is 32.6 Å². The summed E-state index contributed by atoms with van der Waals surface area (Å²) in [5.41, 5.74) is 1.02. The molecule has 6 heteroatoms. The normalized spacial score (nSPS) is 18.8. The number of hydrogen-bond acceptors (Lipinski definition) is 5. The molecule has 0 aromatic carbocycles. The monoisotopic (exact) mass is 331 g/mol. The zero-order chi connectivity index (χ0) is 16.9. The summed E-state index contributed by atoms with van der Waals surface area (Å²) in [5, 5.41) is 0. The molecule has 24 heavy (non-hydrogen) atoms. The number of anilines is 2. The SMILES string of the molecule is CCCC(=O)N1CCN(c2nc(C)cc(N3CCCCC3)n2)CC1. The second-order valence-corrected chi connectivity index (χ2v) is 6.83. The highest BCUT2D eigenvalue weighted by molar-refractivity contribution is 5.76. The molecule has 0 atom stereocenters. The molecule has 6 nitrogen and oxygen atoms in total. The Kier molecular flexibility index (Phi) is 5.53. The third-order valence-corrected chi connectivity index (χ3v) is 4.89. The van der Waals surface area contributed by atoms with E-state index >= 15 is 0 Å². The van der Waals surface area contributed by atoms with E-state index in [0.717, 1.165) is 63.1 Å². The van der Waals surface area contributed by atoms with E-state index in [1.54, 1.807) is 0 Å². The molecule has 3 rings (SSSR count). The van der Waals surface area contributed by atoms with Crippen LogP contribution in [-0.2, 0) is 4.79 Å². The maximum absolute atomic E-state index is 12.0. The van der Waals surface area contributed by atoms with Gasteiger partial charge in [-0.3, -0.25) is 4.79 Å². The van der Waals surface area contributed by atoms with Gasteiger partial charge in [-0.2, -0.15) is 4.98 Å². The Bertz CT molecular complexity index is 563. The van der Waals surface area contributed by atoms with Crippen LogP contribution in [0, 0.1) is 6.92 Å². The van der Waals surface area contributed by atoms with Gasteiger partial charge in [-0.25, -0.2) is 4.98 Å². The first-order valence-electron chi connectivity index (χ1n) is 9.30. The highest BCUT2D eigenvalue weighted by atomic mass is 16.2. The molecule has 0 saturated carbocycles. The van der Waals surface area contributed by atoms with Crippen LogP contribution in [0.3, 0.4) is 0 Å². The van der Waals surface area contributed by atoms with E-state index in [0.29, 0.717) is 6.42 Å². The quantitative estimate of drug-likeness (QED) is 0.847. The van der Waals surface area contributed by atoms with Gasteiger partial charge >= 0.3 is 0 Å². The number of aryl methyl sites for hydroxylation is 1. The lowest BCUT2D eigenvalue weighted by atomic mass is 10.1. The first kappa shape index (κ1) is 17.0. The second kappa shape index (κ2) is 7.81. The molecular weight excluding hydrogens is 302 g/mol. The maximum Gasteiger partial charge on any atom is 0.227 e. The van der Waals surface area contributed by atoms with Crippen molar-refractivity contribution in [3.63, 3.8) is 0 Å². The largest absolute Gasteiger partial charge is 0.356 e. The third kappa shape index (κ3) is 3.97. The molecule has 0 N–H and O–H groups in total. The highest BCUT2D eigenvalue weighted by Crippen LogP contribution is 2.22. The first-order valence-corrected chi connectivity index (χ1v) is 9.30. The number of nitrogens with zero attached hydrogens (tertiary/aromatic N) is 5. The summed E-state index contributed by atoms with van der Waals surface area (Å²) in [5.74, 6) is 2.15. The predicted octanol–water partition coefficient (Wildman–Crippen LogP) is 2.22. The minimum atomic E-state index is 0.274. The number of aromatic nitrogens is 2. The van der Waals surface area contributed by atoms with E-state index in [1.165, 1.54) is 19.3 Å². The van der Waals surface area contributed by atoms with Crippen molar-refractivity contribution in [3.05, 3.63) is 11.8 Å². The first-order chi connectivity index (χ1) is 11.7. The molecule has 1 aromatic rings. The van der Waals surface area contributed by atoms with Crippen molar-refractivity contribution in [2.75, 3.05) is 49.1 Å². The number of piperidine rings is 1. The summed E-state index contributed by atoms with van der Waals surface area (Å²) in [6.07, 6.45) is 5.38. The third-order valence-electron chi connectivity index (χ3n) is 4.89. The molecule has 0 unspecified atom stereocenters. The van der Waals surface area contributed by atoms with Crippen molar-refractivity contribution in [2.45, 2.75) is 46.0 Å². The molecule has 1 amide bonds. The Morgan fingerprint density at radius 2 is 1.71 bits per heavy atom. The fraction of sp³-hybridized carbons (Fsp3) is 0.722. The van der Waals surface area contributed by atoms with Crippen molar-refractivity contribution in [3.8, 4) is 0 Å². The minimum absolute atomic E-state index is 0.274. The van der Waals surface area contributed by atoms with Crippen LogP contribution < -0.4 is 9.80 Å². The smallest absolute Gasteiger partial charge is 0.227 e. The Labute approximate surface area is 144 Å². The second-order valence-electron chi connectivity index (χ2n) is 6.83. The molecule has 1 aromatic heterocycles. The van der Waals surface area contributed by atoms with Gasteiger partial charge in [0.2, 0.25) is 11.9 Å². The van der Waals surface area contributed by atoms with Crippen molar-refractivity contribution >= 4 is 17.7 Å². The maximum atomic E-state index is 12.0. The van der Waals surface area contributed by atoms with Crippen LogP contribution in [0.1, 0.15) is 44.7 Å². The van der Waals surface area contributed by atoms with E-state index in [2.05, 4.69) is 27.8 Å². The van der Waals surface area contributed by atoms with Gasteiger partial charge in [-0.15, -0.1) is 0 Å². The van der Waals surface area contributed by atoms with Crippen molar-refractivity contribution in [1.82, 2.24) is 14.9 Å². The molecule has 0 aliphatic carbocycles. The Morgan fingerprint density at radius 3 is 2.38 bits per heavy atom. The van der Waals surface area contributed by atoms with Gasteiger partial charge in [0, 0.05) is 57.4 Å². The zero-order valence-corrected chi connectivity index (χ0v) is 15.0. The van der Waals surface area contributed by atoms with Gasteiger partial charge in [0.05, 0.1) is 0 Å². The minimum Gasteiger partial charge on any atom is -0.356 e. The zero-order valence-electron chi connectivity index (χ0n) is 15.0. The standard InChI is InChI=1S/C18H29N5O/c1-3-7-17(24)22-10-12-23(13-11-22)18-19-15(2)14-16(20-18)21-8-5-4-6-9-21/h14H,3-13H2,1-2H3. The van der Waals surface area contributed by atoms with Crippen molar-refractivity contribution in [2.24, 2.45) is 0 Å². The summed E-state index contributed by atoms with van der Waals surface area (Å²) in [4.78, 5) is 28.1. The van der Waals surface area contributed by atoms with Crippen LogP contribution in [0.25, 0.3) is 0 Å². The summed E-state index contributed by atoms with van der Waals surface area (Å²) >= 11 is 0. The molecule has 0 radical (unpaired) electrons. The number of carbonyl (C=O) groups excluding carboxylic acids is 1. The summed E-state index contributed by atoms with van der Waals surface area (Å²) < 4.78 is 0. The summed E-state index contributed by atoms with van der Waals surface area (Å²) in [6.45, 7) is 9.46. The fourth-order valence-corrected chi connectivity index (χ4v) is 3.49. The Morgan fingerprint density at radius 1 is 1.00 bits per heavy atom. The topological polar surface area (TPSA) is 52.6 Å². The number of amides is 1. The van der Waals surface area contributed by atoms with Gasteiger partial charge in [0.15, 0.2) is 0 Å². The average Bonchev–Trinajstić information content (AvgIpc) is 2.62. The van der Waals surface area contributed by atoms with Crippen LogP contribution in [-0.4, -0.2) is 60.0 Å². The lowest BCUT2D eigenvalue weighted by Gasteiger charge is -2.35. The van der Waals surface area contributed by atoms with Crippen LogP contribution >= 0.6 is 0 Å². The van der Waals surface area contributed by atoms with E-state index < -0.39 is 0 Å². The summed E-state index contributed by atoms with van der Waals surface area (Å²) in [6, 6.07) is 2.09. The molecule has 2 aliphatic heterocycles. The lowest BCUT2D eigenvalue weighted by Crippen LogP contribution is -2.49. The van der Waals surface area contributed by atoms with E-state index in [-0.39, 0.29) is 5.91 Å². The van der Waals surface area contributed by atoms with Crippen LogP contribution in [0.5, 0.6) is 0 Å². The molecule has 2 saturated heterocycles. The average molecular weight is 331 g/mol. The van der Waals surface area contributed by atoms with E-state index in [1.807, 2.05) is 11.8 Å². The van der Waals surface area contributed by atoms with Crippen molar-refractivity contribution < 1.29 is 4.79 Å². The summed E-state index contributed by atoms with van der Waals surface area (Å²) in [7, 11) is 0. The van der Waals surface area contributed by atoms with Crippen LogP contribution in [0.15, 0.2) is 6.07 Å². The van der Waals surface area contributed by atoms with Gasteiger partial charge in [0.1, 0.15) is 5.82 Å². The molecular formula is C18H29N5O. The van der Waals surface area contributed by atoms with Crippen LogP contribution in [0.4, 0.5) is 11.8 Å². The highest BCUT2D eigenvalue weighted by Gasteiger charge is 2.23. The number of rotatable bonds is 4. The number of piperazine rings is 1. The van der Waals surface area contributed by atoms with Gasteiger partial charge in [-0.1, -0.05) is 6.92 Å². The number of hydrogen-bond donors (Lipinski definition) is 0. The number of carbonyl (C=O) groups is 1. The molecule has 2 aliphatic rings. The van der Waals surface area contributed by atoms with Crippen molar-refractivity contribution in [1.29, 1.82) is 0 Å².